The molecule has 0 saturated heterocycles. The summed E-state index contributed by atoms with van der Waals surface area (Å²) in [5, 5.41) is 12.5. The first-order chi connectivity index (χ1) is 12.5. The number of aryl methyl sites for hydroxylation is 1. The van der Waals surface area contributed by atoms with Gasteiger partial charge < -0.3 is 19.7 Å². The highest BCUT2D eigenvalue weighted by Crippen LogP contribution is 2.34. The van der Waals surface area contributed by atoms with Gasteiger partial charge in [-0.05, 0) is 37.1 Å². The molecule has 0 saturated carbocycles. The number of amides is 1. The fraction of sp³-hybridized carbons (Fsp3) is 0.263. The summed E-state index contributed by atoms with van der Waals surface area (Å²) in [5.41, 5.74) is 1.90. The molecule has 0 fully saturated rings. The number of aliphatic hydroxyl groups excluding tert-OH is 1. The maximum absolute atomic E-state index is 14.3. The van der Waals surface area contributed by atoms with Crippen molar-refractivity contribution in [3.05, 3.63) is 53.8 Å². The zero-order valence-electron chi connectivity index (χ0n) is 14.6. The molecule has 1 amide bonds. The van der Waals surface area contributed by atoms with E-state index in [0.717, 1.165) is 5.56 Å². The van der Waals surface area contributed by atoms with Gasteiger partial charge in [-0.1, -0.05) is 6.07 Å². The van der Waals surface area contributed by atoms with Crippen molar-refractivity contribution < 1.29 is 18.7 Å². The van der Waals surface area contributed by atoms with Gasteiger partial charge in [0.15, 0.2) is 0 Å². The number of hydrogen-bond donors (Lipinski definition) is 2. The summed E-state index contributed by atoms with van der Waals surface area (Å²) < 4.78 is 20.0. The standard InChI is InChI=1S/C19H20FN3O3/c1-12-4-5-15(14(20)10-12)22-17-13-11-21-7-6-16(13)26-18(17)19(25)23(2)8-3-9-24/h4-7,10-11,22,24H,3,8-9H2,1-2H3. The molecule has 1 aromatic carbocycles. The first kappa shape index (κ1) is 17.9. The topological polar surface area (TPSA) is 78.6 Å². The van der Waals surface area contributed by atoms with Crippen LogP contribution in [-0.2, 0) is 0 Å². The Morgan fingerprint density at radius 1 is 1.38 bits per heavy atom. The number of fused-ring (bicyclic) bond motifs is 1. The van der Waals surface area contributed by atoms with Crippen molar-refractivity contribution in [2.75, 3.05) is 25.5 Å². The molecule has 26 heavy (non-hydrogen) atoms. The second kappa shape index (κ2) is 7.53. The molecule has 3 rings (SSSR count). The number of carbonyl (C=O) groups is 1. The molecule has 0 aliphatic rings. The second-order valence-electron chi connectivity index (χ2n) is 6.09. The third kappa shape index (κ3) is 3.52. The van der Waals surface area contributed by atoms with Gasteiger partial charge in [-0.15, -0.1) is 0 Å². The summed E-state index contributed by atoms with van der Waals surface area (Å²) in [5.74, 6) is -0.701. The van der Waals surface area contributed by atoms with E-state index in [-0.39, 0.29) is 24.0 Å². The van der Waals surface area contributed by atoms with Gasteiger partial charge in [-0.3, -0.25) is 9.78 Å². The molecular weight excluding hydrogens is 337 g/mol. The quantitative estimate of drug-likeness (QED) is 0.706. The van der Waals surface area contributed by atoms with Gasteiger partial charge in [0.2, 0.25) is 5.76 Å². The van der Waals surface area contributed by atoms with Crippen molar-refractivity contribution in [3.8, 4) is 0 Å². The molecule has 6 nitrogen and oxygen atoms in total. The summed E-state index contributed by atoms with van der Waals surface area (Å²) in [6.07, 6.45) is 3.59. The highest BCUT2D eigenvalue weighted by atomic mass is 19.1. The van der Waals surface area contributed by atoms with E-state index in [2.05, 4.69) is 10.3 Å². The van der Waals surface area contributed by atoms with Crippen LogP contribution in [-0.4, -0.2) is 41.1 Å². The van der Waals surface area contributed by atoms with E-state index in [1.807, 2.05) is 0 Å². The van der Waals surface area contributed by atoms with Crippen LogP contribution in [0.1, 0.15) is 22.5 Å². The molecular formula is C19H20FN3O3. The molecule has 0 aliphatic carbocycles. The lowest BCUT2D eigenvalue weighted by Gasteiger charge is -2.16. The average Bonchev–Trinajstić information content (AvgIpc) is 3.00. The molecule has 2 N–H and O–H groups in total. The molecule has 136 valence electrons. The number of aromatic nitrogens is 1. The number of nitrogens with zero attached hydrogens (tertiary/aromatic N) is 2. The van der Waals surface area contributed by atoms with Gasteiger partial charge in [-0.2, -0.15) is 0 Å². The van der Waals surface area contributed by atoms with Crippen LogP contribution in [0.2, 0.25) is 0 Å². The number of rotatable bonds is 6. The number of aliphatic hydroxyl groups is 1. The normalized spacial score (nSPS) is 10.9. The second-order valence-corrected chi connectivity index (χ2v) is 6.09. The fourth-order valence-corrected chi connectivity index (χ4v) is 2.66. The fourth-order valence-electron chi connectivity index (χ4n) is 2.66. The first-order valence-electron chi connectivity index (χ1n) is 8.27. The molecule has 3 aromatic rings. The Bertz CT molecular complexity index is 939. The van der Waals surface area contributed by atoms with Gasteiger partial charge >= 0.3 is 0 Å². The minimum absolute atomic E-state index is 0.0125. The van der Waals surface area contributed by atoms with Gasteiger partial charge in [0.05, 0.1) is 11.1 Å². The van der Waals surface area contributed by atoms with E-state index in [9.17, 15) is 9.18 Å². The molecule has 0 radical (unpaired) electrons. The van der Waals surface area contributed by atoms with Crippen LogP contribution in [0.3, 0.4) is 0 Å². The SMILES string of the molecule is Cc1ccc(Nc2c(C(=O)N(C)CCCO)oc3ccncc23)c(F)c1. The number of nitrogens with one attached hydrogen (secondary N) is 1. The Kier molecular flexibility index (Phi) is 5.18. The monoisotopic (exact) mass is 357 g/mol. The van der Waals surface area contributed by atoms with Gasteiger partial charge in [0.25, 0.3) is 5.91 Å². The van der Waals surface area contributed by atoms with Crippen molar-refractivity contribution in [3.63, 3.8) is 0 Å². The lowest BCUT2D eigenvalue weighted by atomic mass is 10.2. The minimum atomic E-state index is -0.421. The largest absolute Gasteiger partial charge is 0.448 e. The van der Waals surface area contributed by atoms with Crippen LogP contribution in [0.4, 0.5) is 15.8 Å². The van der Waals surface area contributed by atoms with Gasteiger partial charge in [0.1, 0.15) is 17.1 Å². The molecule has 0 bridgehead atoms. The number of hydrogen-bond acceptors (Lipinski definition) is 5. The number of pyridine rings is 1. The maximum Gasteiger partial charge on any atom is 0.291 e. The molecule has 0 spiro atoms. The highest BCUT2D eigenvalue weighted by molar-refractivity contribution is 6.07. The van der Waals surface area contributed by atoms with Crippen molar-refractivity contribution in [2.24, 2.45) is 0 Å². The van der Waals surface area contributed by atoms with Crippen molar-refractivity contribution >= 4 is 28.3 Å². The van der Waals surface area contributed by atoms with Crippen molar-refractivity contribution in [1.82, 2.24) is 9.88 Å². The van der Waals surface area contributed by atoms with Crippen LogP contribution in [0.5, 0.6) is 0 Å². The lowest BCUT2D eigenvalue weighted by molar-refractivity contribution is 0.0758. The lowest BCUT2D eigenvalue weighted by Crippen LogP contribution is -2.28. The van der Waals surface area contributed by atoms with Crippen LogP contribution in [0, 0.1) is 12.7 Å². The van der Waals surface area contributed by atoms with E-state index in [1.165, 1.54) is 11.0 Å². The van der Waals surface area contributed by atoms with Crippen LogP contribution in [0.15, 0.2) is 41.1 Å². The predicted octanol–water partition coefficient (Wildman–Crippen LogP) is 3.47. The molecule has 0 aliphatic heterocycles. The van der Waals surface area contributed by atoms with E-state index in [0.29, 0.717) is 29.6 Å². The van der Waals surface area contributed by atoms with Crippen molar-refractivity contribution in [1.29, 1.82) is 0 Å². The van der Waals surface area contributed by atoms with E-state index in [4.69, 9.17) is 9.52 Å². The summed E-state index contributed by atoms with van der Waals surface area (Å²) in [6, 6.07) is 6.46. The molecule has 0 atom stereocenters. The minimum Gasteiger partial charge on any atom is -0.448 e. The Balaban J connectivity index is 2.03. The number of furan rings is 1. The van der Waals surface area contributed by atoms with Crippen molar-refractivity contribution in [2.45, 2.75) is 13.3 Å². The highest BCUT2D eigenvalue weighted by Gasteiger charge is 2.24. The summed E-state index contributed by atoms with van der Waals surface area (Å²) >= 11 is 0. The van der Waals surface area contributed by atoms with E-state index >= 15 is 0 Å². The number of carbonyl (C=O) groups excluding carboxylic acids is 1. The number of benzene rings is 1. The Hall–Kier alpha value is -2.93. The molecule has 0 unspecified atom stereocenters. The zero-order chi connectivity index (χ0) is 18.7. The van der Waals surface area contributed by atoms with Crippen LogP contribution in [0.25, 0.3) is 11.0 Å². The third-order valence-electron chi connectivity index (χ3n) is 4.07. The number of halogens is 1. The summed E-state index contributed by atoms with van der Waals surface area (Å²) in [7, 11) is 1.62. The summed E-state index contributed by atoms with van der Waals surface area (Å²) in [6.45, 7) is 2.17. The molecule has 7 heteroatoms. The van der Waals surface area contributed by atoms with Gasteiger partial charge in [0, 0.05) is 32.6 Å². The Morgan fingerprint density at radius 2 is 2.19 bits per heavy atom. The van der Waals surface area contributed by atoms with Gasteiger partial charge in [-0.25, -0.2) is 4.39 Å². The summed E-state index contributed by atoms with van der Waals surface area (Å²) in [4.78, 5) is 18.3. The van der Waals surface area contributed by atoms with E-state index in [1.54, 1.807) is 44.6 Å². The predicted molar refractivity (Wildman–Crippen MR) is 97.1 cm³/mol. The third-order valence-corrected chi connectivity index (χ3v) is 4.07. The van der Waals surface area contributed by atoms with E-state index < -0.39 is 5.82 Å². The number of anilines is 2. The maximum atomic E-state index is 14.3. The zero-order valence-corrected chi connectivity index (χ0v) is 14.6. The first-order valence-corrected chi connectivity index (χ1v) is 8.27. The molecule has 2 heterocycles. The Morgan fingerprint density at radius 3 is 2.92 bits per heavy atom. The average molecular weight is 357 g/mol. The van der Waals surface area contributed by atoms with Crippen LogP contribution < -0.4 is 5.32 Å². The van der Waals surface area contributed by atoms with Crippen LogP contribution >= 0.6 is 0 Å². The smallest absolute Gasteiger partial charge is 0.291 e. The Labute approximate surface area is 150 Å². The molecule has 2 aromatic heterocycles.